The molecule has 4 nitrogen and oxygen atoms in total. The average molecular weight is 386 g/mol. The van der Waals surface area contributed by atoms with Crippen LogP contribution in [0.4, 0.5) is 11.4 Å². The Morgan fingerprint density at radius 3 is 2.24 bits per heavy atom. The van der Waals surface area contributed by atoms with Crippen LogP contribution in [0.3, 0.4) is 0 Å². The van der Waals surface area contributed by atoms with Crippen LogP contribution in [0, 0.1) is 5.41 Å². The van der Waals surface area contributed by atoms with Crippen LogP contribution in [0.15, 0.2) is 84.9 Å². The van der Waals surface area contributed by atoms with Gasteiger partial charge in [-0.3, -0.25) is 4.79 Å². The van der Waals surface area contributed by atoms with E-state index in [1.54, 1.807) is 7.11 Å². The Kier molecular flexibility index (Phi) is 5.26. The van der Waals surface area contributed by atoms with Gasteiger partial charge in [0.05, 0.1) is 24.3 Å². The fraction of sp³-hybridized carbons (Fsp3) is 0.240. The van der Waals surface area contributed by atoms with Crippen molar-refractivity contribution in [2.45, 2.75) is 19.4 Å². The summed E-state index contributed by atoms with van der Waals surface area (Å²) >= 11 is 0. The molecule has 0 bridgehead atoms. The molecule has 3 aromatic rings. The average Bonchev–Trinajstić information content (AvgIpc) is 3.08. The summed E-state index contributed by atoms with van der Waals surface area (Å²) in [6.45, 7) is 2.73. The summed E-state index contributed by atoms with van der Waals surface area (Å²) in [4.78, 5) is 15.6. The van der Waals surface area contributed by atoms with E-state index >= 15 is 0 Å². The number of nitrogens with zero attached hydrogens (tertiary/aromatic N) is 1. The van der Waals surface area contributed by atoms with Crippen LogP contribution in [0.1, 0.15) is 24.9 Å². The summed E-state index contributed by atoms with van der Waals surface area (Å²) in [6, 6.07) is 27.9. The van der Waals surface area contributed by atoms with Gasteiger partial charge in [-0.25, -0.2) is 0 Å². The van der Waals surface area contributed by atoms with Crippen molar-refractivity contribution in [2.24, 2.45) is 5.41 Å². The summed E-state index contributed by atoms with van der Waals surface area (Å²) in [6.07, 6.45) is 0.753. The zero-order valence-electron chi connectivity index (χ0n) is 16.8. The van der Waals surface area contributed by atoms with Crippen molar-refractivity contribution >= 4 is 17.3 Å². The molecule has 0 radical (unpaired) electrons. The lowest BCUT2D eigenvalue weighted by atomic mass is 9.77. The molecule has 1 unspecified atom stereocenters. The third-order valence-electron chi connectivity index (χ3n) is 5.82. The molecule has 0 aromatic heterocycles. The molecule has 1 N–H and O–H groups in total. The van der Waals surface area contributed by atoms with E-state index in [1.807, 2.05) is 77.7 Å². The summed E-state index contributed by atoms with van der Waals surface area (Å²) in [5.41, 5.74) is 2.35. The molecule has 0 spiro atoms. The van der Waals surface area contributed by atoms with Gasteiger partial charge in [-0.15, -0.1) is 0 Å². The first kappa shape index (κ1) is 19.1. The smallest absolute Gasteiger partial charge is 0.235 e. The molecule has 3 aromatic carbocycles. The van der Waals surface area contributed by atoms with Gasteiger partial charge in [0, 0.05) is 12.2 Å². The van der Waals surface area contributed by atoms with E-state index in [0.717, 1.165) is 29.1 Å². The van der Waals surface area contributed by atoms with E-state index in [4.69, 9.17) is 4.74 Å². The van der Waals surface area contributed by atoms with Crippen molar-refractivity contribution in [1.82, 2.24) is 0 Å². The van der Waals surface area contributed by atoms with Crippen LogP contribution in [0.2, 0.25) is 0 Å². The zero-order chi connectivity index (χ0) is 20.3. The number of methoxy groups -OCH3 is 1. The highest BCUT2D eigenvalue weighted by atomic mass is 16.5. The number of nitrogens with one attached hydrogen (secondary N) is 1. The van der Waals surface area contributed by atoms with E-state index in [9.17, 15) is 4.79 Å². The van der Waals surface area contributed by atoms with Crippen molar-refractivity contribution in [2.75, 3.05) is 23.9 Å². The molecule has 148 valence electrons. The van der Waals surface area contributed by atoms with E-state index in [2.05, 4.69) is 24.4 Å². The summed E-state index contributed by atoms with van der Waals surface area (Å²) in [5.74, 6) is 0.830. The number of anilines is 2. The van der Waals surface area contributed by atoms with Gasteiger partial charge in [-0.2, -0.15) is 0 Å². The predicted molar refractivity (Wildman–Crippen MR) is 117 cm³/mol. The van der Waals surface area contributed by atoms with Crippen LogP contribution < -0.4 is 15.0 Å². The molecular formula is C25H26N2O2. The Labute approximate surface area is 172 Å². The lowest BCUT2D eigenvalue weighted by molar-refractivity contribution is -0.125. The first-order chi connectivity index (χ1) is 14.1. The molecule has 2 atom stereocenters. The monoisotopic (exact) mass is 386 g/mol. The van der Waals surface area contributed by atoms with Crippen LogP contribution in [0.25, 0.3) is 0 Å². The molecular weight excluding hydrogens is 360 g/mol. The predicted octanol–water partition coefficient (Wildman–Crippen LogP) is 5.29. The van der Waals surface area contributed by atoms with Crippen LogP contribution in [0.5, 0.6) is 5.75 Å². The molecule has 4 rings (SSSR count). The first-order valence-corrected chi connectivity index (χ1v) is 9.95. The number of para-hydroxylation sites is 3. The van der Waals surface area contributed by atoms with E-state index < -0.39 is 5.41 Å². The van der Waals surface area contributed by atoms with Gasteiger partial charge in [0.15, 0.2) is 0 Å². The number of amides is 1. The Morgan fingerprint density at radius 1 is 0.931 bits per heavy atom. The minimum Gasteiger partial charge on any atom is -0.495 e. The number of carbonyl (C=O) groups is 1. The number of hydrogen-bond donors (Lipinski definition) is 1. The lowest BCUT2D eigenvalue weighted by Crippen LogP contribution is -2.40. The van der Waals surface area contributed by atoms with Crippen molar-refractivity contribution in [3.63, 3.8) is 0 Å². The molecule has 1 heterocycles. The Balaban J connectivity index is 1.71. The van der Waals surface area contributed by atoms with Gasteiger partial charge in [0.1, 0.15) is 5.75 Å². The highest BCUT2D eigenvalue weighted by molar-refractivity contribution is 6.01. The fourth-order valence-electron chi connectivity index (χ4n) is 4.17. The molecule has 1 saturated heterocycles. The Morgan fingerprint density at radius 2 is 1.55 bits per heavy atom. The number of carbonyl (C=O) groups excluding carboxylic acids is 1. The Bertz CT molecular complexity index is 974. The molecule has 1 amide bonds. The molecule has 29 heavy (non-hydrogen) atoms. The second-order valence-corrected chi connectivity index (χ2v) is 7.65. The summed E-state index contributed by atoms with van der Waals surface area (Å²) in [5, 5.41) is 3.63. The van der Waals surface area contributed by atoms with Crippen molar-refractivity contribution in [3.8, 4) is 5.75 Å². The zero-order valence-corrected chi connectivity index (χ0v) is 16.8. The van der Waals surface area contributed by atoms with Crippen LogP contribution >= 0.6 is 0 Å². The number of rotatable bonds is 6. The highest BCUT2D eigenvalue weighted by Gasteiger charge is 2.49. The molecule has 0 saturated carbocycles. The molecule has 0 aliphatic carbocycles. The first-order valence-electron chi connectivity index (χ1n) is 9.95. The Hall–Kier alpha value is -3.27. The third kappa shape index (κ3) is 3.58. The van der Waals surface area contributed by atoms with Gasteiger partial charge < -0.3 is 15.0 Å². The highest BCUT2D eigenvalue weighted by Crippen LogP contribution is 2.47. The fourth-order valence-corrected chi connectivity index (χ4v) is 4.17. The van der Waals surface area contributed by atoms with E-state index in [-0.39, 0.29) is 11.9 Å². The summed E-state index contributed by atoms with van der Waals surface area (Å²) in [7, 11) is 1.64. The molecule has 1 aliphatic rings. The maximum Gasteiger partial charge on any atom is 0.235 e. The quantitative estimate of drug-likeness (QED) is 0.626. The maximum atomic E-state index is 13.7. The maximum absolute atomic E-state index is 13.7. The van der Waals surface area contributed by atoms with Crippen LogP contribution in [-0.4, -0.2) is 19.6 Å². The van der Waals surface area contributed by atoms with Gasteiger partial charge >= 0.3 is 0 Å². The van der Waals surface area contributed by atoms with E-state index in [1.165, 1.54) is 0 Å². The SMILES string of the molecule is COc1ccccc1N1CC[C@@](C)(C(Nc2ccccc2)c2ccccc2)C1=O. The van der Waals surface area contributed by atoms with Gasteiger partial charge in [0.2, 0.25) is 5.91 Å². The van der Waals surface area contributed by atoms with Gasteiger partial charge in [-0.05, 0) is 43.2 Å². The van der Waals surface area contributed by atoms with Crippen molar-refractivity contribution < 1.29 is 9.53 Å². The number of ether oxygens (including phenoxy) is 1. The van der Waals surface area contributed by atoms with Crippen molar-refractivity contribution in [3.05, 3.63) is 90.5 Å². The molecule has 1 aliphatic heterocycles. The normalized spacial score (nSPS) is 19.8. The van der Waals surface area contributed by atoms with Crippen molar-refractivity contribution in [1.29, 1.82) is 0 Å². The topological polar surface area (TPSA) is 41.6 Å². The standard InChI is InChI=1S/C25H26N2O2/c1-25(17-18-27(24(25)28)21-15-9-10-16-22(21)29-2)23(19-11-5-3-6-12-19)26-20-13-7-4-8-14-20/h3-16,23,26H,17-18H2,1-2H3/t23?,25-/m0/s1. The second kappa shape index (κ2) is 8.00. The van der Waals surface area contributed by atoms with E-state index in [0.29, 0.717) is 6.54 Å². The molecule has 4 heteroatoms. The summed E-state index contributed by atoms with van der Waals surface area (Å²) < 4.78 is 5.51. The number of hydrogen-bond acceptors (Lipinski definition) is 3. The third-order valence-corrected chi connectivity index (χ3v) is 5.82. The number of benzene rings is 3. The largest absolute Gasteiger partial charge is 0.495 e. The minimum atomic E-state index is -0.585. The lowest BCUT2D eigenvalue weighted by Gasteiger charge is -2.34. The van der Waals surface area contributed by atoms with Crippen LogP contribution in [-0.2, 0) is 4.79 Å². The second-order valence-electron chi connectivity index (χ2n) is 7.65. The van der Waals surface area contributed by atoms with Gasteiger partial charge in [-0.1, -0.05) is 60.7 Å². The minimum absolute atomic E-state index is 0.110. The molecule has 1 fully saturated rings. The van der Waals surface area contributed by atoms with Gasteiger partial charge in [0.25, 0.3) is 0 Å².